The van der Waals surface area contributed by atoms with E-state index in [0.717, 1.165) is 21.9 Å². The van der Waals surface area contributed by atoms with Gasteiger partial charge in [0, 0.05) is 0 Å². The standard InChI is InChI=1S/C19H16N2O2/c1-13-5-4-6-14(9-13)12-20-21-19(23)17-10-15-7-2-3-8-16(15)11-18(17)22/h2-12,22H,1H3,(H,21,23)/b20-12+. The van der Waals surface area contributed by atoms with Crippen LogP contribution in [0.15, 0.2) is 65.8 Å². The highest BCUT2D eigenvalue weighted by atomic mass is 16.3. The number of hydrogen-bond acceptors (Lipinski definition) is 3. The highest BCUT2D eigenvalue weighted by Crippen LogP contribution is 2.24. The van der Waals surface area contributed by atoms with Gasteiger partial charge in [-0.25, -0.2) is 5.43 Å². The number of phenols is 1. The molecule has 0 fully saturated rings. The molecule has 0 saturated carbocycles. The summed E-state index contributed by atoms with van der Waals surface area (Å²) in [5.74, 6) is -0.510. The van der Waals surface area contributed by atoms with Crippen LogP contribution in [0.2, 0.25) is 0 Å². The van der Waals surface area contributed by atoms with E-state index in [-0.39, 0.29) is 11.3 Å². The molecule has 3 aromatic carbocycles. The summed E-state index contributed by atoms with van der Waals surface area (Å²) in [4.78, 5) is 12.2. The van der Waals surface area contributed by atoms with Crippen molar-refractivity contribution < 1.29 is 9.90 Å². The predicted molar refractivity (Wildman–Crippen MR) is 91.9 cm³/mol. The molecule has 114 valence electrons. The van der Waals surface area contributed by atoms with Crippen LogP contribution in [-0.4, -0.2) is 17.2 Å². The highest BCUT2D eigenvalue weighted by Gasteiger charge is 2.11. The zero-order chi connectivity index (χ0) is 16.2. The minimum atomic E-state index is -0.447. The summed E-state index contributed by atoms with van der Waals surface area (Å²) in [7, 11) is 0. The van der Waals surface area contributed by atoms with Gasteiger partial charge in [0.15, 0.2) is 0 Å². The molecular weight excluding hydrogens is 288 g/mol. The van der Waals surface area contributed by atoms with Crippen LogP contribution >= 0.6 is 0 Å². The molecule has 0 aromatic heterocycles. The van der Waals surface area contributed by atoms with Gasteiger partial charge in [0.25, 0.3) is 5.91 Å². The van der Waals surface area contributed by atoms with Crippen molar-refractivity contribution in [2.75, 3.05) is 0 Å². The quantitative estimate of drug-likeness (QED) is 0.573. The van der Waals surface area contributed by atoms with E-state index in [0.29, 0.717) is 0 Å². The Balaban J connectivity index is 1.79. The average Bonchev–Trinajstić information content (AvgIpc) is 2.54. The molecule has 3 aromatic rings. The van der Waals surface area contributed by atoms with Gasteiger partial charge in [-0.15, -0.1) is 0 Å². The van der Waals surface area contributed by atoms with Crippen molar-refractivity contribution in [3.63, 3.8) is 0 Å². The van der Waals surface area contributed by atoms with Gasteiger partial charge in [-0.05, 0) is 35.4 Å². The number of hydrogen-bond donors (Lipinski definition) is 2. The first-order valence-electron chi connectivity index (χ1n) is 7.25. The maximum Gasteiger partial charge on any atom is 0.275 e. The normalized spacial score (nSPS) is 11.0. The maximum absolute atomic E-state index is 12.2. The first-order valence-corrected chi connectivity index (χ1v) is 7.25. The number of benzene rings is 3. The van der Waals surface area contributed by atoms with Gasteiger partial charge in [0.2, 0.25) is 0 Å². The van der Waals surface area contributed by atoms with Crippen LogP contribution in [0.3, 0.4) is 0 Å². The molecule has 0 heterocycles. The Labute approximate surface area is 134 Å². The number of amides is 1. The maximum atomic E-state index is 12.2. The van der Waals surface area contributed by atoms with E-state index in [4.69, 9.17) is 0 Å². The van der Waals surface area contributed by atoms with Crippen LogP contribution in [0.1, 0.15) is 21.5 Å². The second kappa shape index (κ2) is 6.32. The molecule has 0 saturated heterocycles. The average molecular weight is 304 g/mol. The van der Waals surface area contributed by atoms with Crippen LogP contribution in [0.4, 0.5) is 0 Å². The number of carbonyl (C=O) groups excluding carboxylic acids is 1. The lowest BCUT2D eigenvalue weighted by atomic mass is 10.1. The summed E-state index contributed by atoms with van der Waals surface area (Å²) in [6.07, 6.45) is 1.57. The van der Waals surface area contributed by atoms with Crippen LogP contribution in [0.25, 0.3) is 10.8 Å². The zero-order valence-corrected chi connectivity index (χ0v) is 12.7. The SMILES string of the molecule is Cc1cccc(/C=N/NC(=O)c2cc3ccccc3cc2O)c1. The van der Waals surface area contributed by atoms with Crippen molar-refractivity contribution >= 4 is 22.9 Å². The van der Waals surface area contributed by atoms with E-state index in [1.165, 1.54) is 0 Å². The number of hydrazone groups is 1. The molecule has 2 N–H and O–H groups in total. The lowest BCUT2D eigenvalue weighted by molar-refractivity contribution is 0.0952. The topological polar surface area (TPSA) is 61.7 Å². The molecule has 0 unspecified atom stereocenters. The third-order valence-electron chi connectivity index (χ3n) is 3.53. The highest BCUT2D eigenvalue weighted by molar-refractivity contribution is 6.01. The number of phenolic OH excluding ortho intramolecular Hbond substituents is 1. The molecule has 0 aliphatic rings. The van der Waals surface area contributed by atoms with E-state index >= 15 is 0 Å². The smallest absolute Gasteiger partial charge is 0.275 e. The third-order valence-corrected chi connectivity index (χ3v) is 3.53. The molecule has 23 heavy (non-hydrogen) atoms. The van der Waals surface area contributed by atoms with Crippen molar-refractivity contribution in [1.82, 2.24) is 5.43 Å². The van der Waals surface area contributed by atoms with E-state index < -0.39 is 5.91 Å². The van der Waals surface area contributed by atoms with Crippen molar-refractivity contribution in [2.24, 2.45) is 5.10 Å². The van der Waals surface area contributed by atoms with Gasteiger partial charge in [0.05, 0.1) is 11.8 Å². The zero-order valence-electron chi connectivity index (χ0n) is 12.7. The van der Waals surface area contributed by atoms with Crippen LogP contribution in [-0.2, 0) is 0 Å². The van der Waals surface area contributed by atoms with Gasteiger partial charge in [-0.3, -0.25) is 4.79 Å². The molecule has 0 bridgehead atoms. The summed E-state index contributed by atoms with van der Waals surface area (Å²) >= 11 is 0. The van der Waals surface area contributed by atoms with E-state index in [1.54, 1.807) is 18.3 Å². The van der Waals surface area contributed by atoms with E-state index in [9.17, 15) is 9.90 Å². The summed E-state index contributed by atoms with van der Waals surface area (Å²) in [5.41, 5.74) is 4.66. The Bertz CT molecular complexity index is 901. The van der Waals surface area contributed by atoms with Gasteiger partial charge >= 0.3 is 0 Å². The van der Waals surface area contributed by atoms with Crippen molar-refractivity contribution in [1.29, 1.82) is 0 Å². The molecule has 0 spiro atoms. The molecule has 1 amide bonds. The number of carbonyl (C=O) groups is 1. The number of nitrogens with one attached hydrogen (secondary N) is 1. The predicted octanol–water partition coefficient (Wildman–Crippen LogP) is 3.62. The first-order chi connectivity index (χ1) is 11.1. The number of aryl methyl sites for hydroxylation is 1. The van der Waals surface area contributed by atoms with Crippen LogP contribution in [0.5, 0.6) is 5.75 Å². The molecule has 0 atom stereocenters. The fraction of sp³-hybridized carbons (Fsp3) is 0.0526. The molecule has 0 aliphatic carbocycles. The lowest BCUT2D eigenvalue weighted by Gasteiger charge is -2.05. The van der Waals surface area contributed by atoms with Gasteiger partial charge in [0.1, 0.15) is 5.75 Å². The van der Waals surface area contributed by atoms with Gasteiger partial charge in [-0.1, -0.05) is 54.1 Å². The number of rotatable bonds is 3. The van der Waals surface area contributed by atoms with Crippen molar-refractivity contribution in [3.05, 3.63) is 77.4 Å². The lowest BCUT2D eigenvalue weighted by Crippen LogP contribution is -2.17. The Morgan fingerprint density at radius 2 is 1.78 bits per heavy atom. The van der Waals surface area contributed by atoms with E-state index in [2.05, 4.69) is 10.5 Å². The number of fused-ring (bicyclic) bond motifs is 1. The molecule has 4 nitrogen and oxygen atoms in total. The fourth-order valence-corrected chi connectivity index (χ4v) is 2.39. The second-order valence-electron chi connectivity index (χ2n) is 5.33. The second-order valence-corrected chi connectivity index (χ2v) is 5.33. The summed E-state index contributed by atoms with van der Waals surface area (Å²) in [5, 5.41) is 15.7. The van der Waals surface area contributed by atoms with Gasteiger partial charge in [-0.2, -0.15) is 5.10 Å². The number of nitrogens with zero attached hydrogens (tertiary/aromatic N) is 1. The van der Waals surface area contributed by atoms with Crippen molar-refractivity contribution in [3.8, 4) is 5.75 Å². The monoisotopic (exact) mass is 304 g/mol. The summed E-state index contributed by atoms with van der Waals surface area (Å²) < 4.78 is 0. The fourth-order valence-electron chi connectivity index (χ4n) is 2.39. The largest absolute Gasteiger partial charge is 0.507 e. The molecule has 0 radical (unpaired) electrons. The Kier molecular flexibility index (Phi) is 4.06. The van der Waals surface area contributed by atoms with Crippen LogP contribution < -0.4 is 5.43 Å². The number of aromatic hydroxyl groups is 1. The molecular formula is C19H16N2O2. The summed E-state index contributed by atoms with van der Waals surface area (Å²) in [6.45, 7) is 1.99. The molecule has 4 heteroatoms. The molecule has 3 rings (SSSR count). The van der Waals surface area contributed by atoms with Crippen LogP contribution in [0, 0.1) is 6.92 Å². The Morgan fingerprint density at radius 3 is 2.52 bits per heavy atom. The summed E-state index contributed by atoms with van der Waals surface area (Å²) in [6, 6.07) is 18.5. The van der Waals surface area contributed by atoms with Gasteiger partial charge < -0.3 is 5.11 Å². The minimum Gasteiger partial charge on any atom is -0.507 e. The first kappa shape index (κ1) is 14.8. The third kappa shape index (κ3) is 3.37. The Morgan fingerprint density at radius 1 is 1.04 bits per heavy atom. The Hall–Kier alpha value is -3.14. The molecule has 0 aliphatic heterocycles. The van der Waals surface area contributed by atoms with Crippen molar-refractivity contribution in [2.45, 2.75) is 6.92 Å². The van der Waals surface area contributed by atoms with E-state index in [1.807, 2.05) is 55.5 Å². The minimum absolute atomic E-state index is 0.0630.